The van der Waals surface area contributed by atoms with Gasteiger partial charge in [-0.2, -0.15) is 24.9 Å². The highest BCUT2D eigenvalue weighted by atomic mass is 32.2. The number of likely N-dealkylation sites (tertiary alicyclic amines) is 2. The van der Waals surface area contributed by atoms with Crippen LogP contribution in [0, 0.1) is 5.92 Å². The third kappa shape index (κ3) is 9.89. The Hall–Kier alpha value is -2.11. The first-order valence-electron chi connectivity index (χ1n) is 13.3. The summed E-state index contributed by atoms with van der Waals surface area (Å²) in [5, 5.41) is 5.84. The van der Waals surface area contributed by atoms with E-state index in [1.807, 2.05) is 25.2 Å². The molecule has 3 rings (SSSR count). The molecule has 2 atom stereocenters. The minimum atomic E-state index is -4.83. The number of halogens is 3. The fourth-order valence-electron chi connectivity index (χ4n) is 4.96. The zero-order chi connectivity index (χ0) is 27.5. The van der Waals surface area contributed by atoms with Crippen molar-refractivity contribution in [3.05, 3.63) is 35.9 Å². The molecule has 2 amide bonds. The predicted octanol–water partition coefficient (Wildman–Crippen LogP) is 3.06. The van der Waals surface area contributed by atoms with Gasteiger partial charge in [-0.3, -0.25) is 14.4 Å². The number of ketones is 1. The van der Waals surface area contributed by atoms with E-state index in [1.165, 1.54) is 5.56 Å². The van der Waals surface area contributed by atoms with Crippen LogP contribution < -0.4 is 10.6 Å². The molecular formula is C27H39F3N4O3S. The van der Waals surface area contributed by atoms with E-state index in [-0.39, 0.29) is 17.7 Å². The van der Waals surface area contributed by atoms with E-state index < -0.39 is 23.8 Å². The first-order valence-corrected chi connectivity index (χ1v) is 14.5. The number of carbonyl (C=O) groups excluding carboxylic acids is 3. The summed E-state index contributed by atoms with van der Waals surface area (Å²) in [6.45, 7) is 4.69. The number of benzene rings is 1. The van der Waals surface area contributed by atoms with Crippen molar-refractivity contribution in [3.8, 4) is 0 Å². The van der Waals surface area contributed by atoms with Gasteiger partial charge in [0.15, 0.2) is 0 Å². The van der Waals surface area contributed by atoms with Crippen LogP contribution >= 0.6 is 11.8 Å². The number of Topliss-reactive ketones (excluding diaryl/α,β-unsaturated/α-hetero) is 1. The summed E-state index contributed by atoms with van der Waals surface area (Å²) in [7, 11) is 2.01. The van der Waals surface area contributed by atoms with Crippen molar-refractivity contribution in [3.63, 3.8) is 0 Å². The molecule has 0 bridgehead atoms. The van der Waals surface area contributed by atoms with E-state index in [1.54, 1.807) is 0 Å². The van der Waals surface area contributed by atoms with Crippen molar-refractivity contribution >= 4 is 29.4 Å². The Kier molecular flexibility index (Phi) is 11.9. The summed E-state index contributed by atoms with van der Waals surface area (Å²) in [4.78, 5) is 41.4. The second-order valence-electron chi connectivity index (χ2n) is 10.2. The van der Waals surface area contributed by atoms with E-state index in [0.29, 0.717) is 37.6 Å². The first-order chi connectivity index (χ1) is 18.1. The summed E-state index contributed by atoms with van der Waals surface area (Å²) >= 11 is 0.896. The van der Waals surface area contributed by atoms with Gasteiger partial charge in [0.25, 0.3) is 0 Å². The number of carbonyl (C=O) groups is 3. The summed E-state index contributed by atoms with van der Waals surface area (Å²) < 4.78 is 37.2. The molecule has 2 saturated heterocycles. The van der Waals surface area contributed by atoms with Crippen LogP contribution in [0.1, 0.15) is 43.6 Å². The van der Waals surface area contributed by atoms with E-state index >= 15 is 0 Å². The van der Waals surface area contributed by atoms with Gasteiger partial charge in [0.05, 0.1) is 5.75 Å². The second-order valence-corrected chi connectivity index (χ2v) is 11.3. The zero-order valence-electron chi connectivity index (χ0n) is 22.0. The molecule has 2 fully saturated rings. The van der Waals surface area contributed by atoms with Gasteiger partial charge in [-0.1, -0.05) is 30.3 Å². The van der Waals surface area contributed by atoms with Gasteiger partial charge in [0, 0.05) is 25.6 Å². The van der Waals surface area contributed by atoms with Crippen LogP contribution in [0.4, 0.5) is 13.2 Å². The van der Waals surface area contributed by atoms with Gasteiger partial charge in [-0.25, -0.2) is 0 Å². The second kappa shape index (κ2) is 14.9. The number of amides is 2. The number of rotatable bonds is 13. The molecule has 2 aliphatic heterocycles. The van der Waals surface area contributed by atoms with Crippen LogP contribution in [-0.2, 0) is 14.4 Å². The summed E-state index contributed by atoms with van der Waals surface area (Å²) in [5.41, 5.74) is 1.32. The Labute approximate surface area is 227 Å². The smallest absolute Gasteiger partial charge is 0.353 e. The number of piperidine rings is 1. The minimum Gasteiger partial charge on any atom is -0.353 e. The lowest BCUT2D eigenvalue weighted by atomic mass is 9.95. The molecule has 11 heteroatoms. The summed E-state index contributed by atoms with van der Waals surface area (Å²) in [5.74, 6) is -2.20. The Morgan fingerprint density at radius 2 is 1.79 bits per heavy atom. The van der Waals surface area contributed by atoms with Crippen molar-refractivity contribution in [2.24, 2.45) is 5.92 Å². The molecule has 0 radical (unpaired) electrons. The monoisotopic (exact) mass is 556 g/mol. The largest absolute Gasteiger partial charge is 0.450 e. The van der Waals surface area contributed by atoms with E-state index in [4.69, 9.17) is 0 Å². The topological polar surface area (TPSA) is 81.8 Å². The highest BCUT2D eigenvalue weighted by Crippen LogP contribution is 2.26. The average molecular weight is 557 g/mol. The number of hydrogen-bond donors (Lipinski definition) is 2. The van der Waals surface area contributed by atoms with Crippen LogP contribution in [0.2, 0.25) is 0 Å². The highest BCUT2D eigenvalue weighted by Gasteiger charge is 2.37. The van der Waals surface area contributed by atoms with Crippen molar-refractivity contribution < 1.29 is 27.6 Å². The molecule has 2 heterocycles. The summed E-state index contributed by atoms with van der Waals surface area (Å²) in [6.07, 6.45) is -1.59. The van der Waals surface area contributed by atoms with E-state index in [9.17, 15) is 27.6 Å². The van der Waals surface area contributed by atoms with Crippen molar-refractivity contribution in [2.45, 2.75) is 50.2 Å². The lowest BCUT2D eigenvalue weighted by Gasteiger charge is -2.29. The summed E-state index contributed by atoms with van der Waals surface area (Å²) in [6, 6.07) is 9.64. The van der Waals surface area contributed by atoms with Gasteiger partial charge in [0.2, 0.25) is 17.6 Å². The van der Waals surface area contributed by atoms with Gasteiger partial charge >= 0.3 is 6.18 Å². The number of nitrogens with one attached hydrogen (secondary N) is 2. The Morgan fingerprint density at radius 1 is 1.08 bits per heavy atom. The molecule has 2 aliphatic rings. The number of nitrogens with zero attached hydrogens (tertiary/aromatic N) is 2. The molecule has 0 aromatic heterocycles. The maximum Gasteiger partial charge on any atom is 0.450 e. The Bertz CT molecular complexity index is 911. The molecule has 0 saturated carbocycles. The number of hydrogen-bond acceptors (Lipinski definition) is 6. The molecule has 212 valence electrons. The minimum absolute atomic E-state index is 0.150. The number of thioether (sulfide) groups is 1. The van der Waals surface area contributed by atoms with Crippen LogP contribution in [0.3, 0.4) is 0 Å². The van der Waals surface area contributed by atoms with Crippen LogP contribution in [-0.4, -0.2) is 97.4 Å². The lowest BCUT2D eigenvalue weighted by molar-refractivity contribution is -0.167. The molecule has 1 aromatic carbocycles. The van der Waals surface area contributed by atoms with Gasteiger partial charge < -0.3 is 20.4 Å². The van der Waals surface area contributed by atoms with Gasteiger partial charge in [-0.15, -0.1) is 0 Å². The maximum absolute atomic E-state index is 13.0. The maximum atomic E-state index is 13.0. The SMILES string of the molecule is CN1CCC(C(=O)N[C@@H](CCCSCC(=O)C(F)(F)F)C(=O)NCCN2CCC(c3ccccc3)C2)CC1. The third-order valence-corrected chi connectivity index (χ3v) is 8.37. The fourth-order valence-corrected chi connectivity index (χ4v) is 5.82. The predicted molar refractivity (Wildman–Crippen MR) is 143 cm³/mol. The molecule has 0 aliphatic carbocycles. The third-order valence-electron chi connectivity index (χ3n) is 7.32. The average Bonchev–Trinajstić information content (AvgIpc) is 3.37. The molecular weight excluding hydrogens is 517 g/mol. The van der Waals surface area contributed by atoms with Gasteiger partial charge in [-0.05, 0) is 76.0 Å². The number of alkyl halides is 3. The first kappa shape index (κ1) is 30.4. The van der Waals surface area contributed by atoms with Gasteiger partial charge in [0.1, 0.15) is 6.04 Å². The normalized spacial score (nSPS) is 20.3. The van der Waals surface area contributed by atoms with Crippen LogP contribution in [0.5, 0.6) is 0 Å². The molecule has 0 spiro atoms. The van der Waals surface area contributed by atoms with Crippen molar-refractivity contribution in [1.29, 1.82) is 0 Å². The Morgan fingerprint density at radius 3 is 2.47 bits per heavy atom. The van der Waals surface area contributed by atoms with Crippen LogP contribution in [0.25, 0.3) is 0 Å². The molecule has 7 nitrogen and oxygen atoms in total. The molecule has 1 unspecified atom stereocenters. The molecule has 38 heavy (non-hydrogen) atoms. The van der Waals surface area contributed by atoms with Crippen LogP contribution in [0.15, 0.2) is 30.3 Å². The van der Waals surface area contributed by atoms with Crippen molar-refractivity contribution in [1.82, 2.24) is 20.4 Å². The zero-order valence-corrected chi connectivity index (χ0v) is 22.8. The quantitative estimate of drug-likeness (QED) is 0.364. The molecule has 2 N–H and O–H groups in total. The van der Waals surface area contributed by atoms with E-state index in [2.05, 4.69) is 32.6 Å². The lowest BCUT2D eigenvalue weighted by Crippen LogP contribution is -2.50. The Balaban J connectivity index is 1.45. The highest BCUT2D eigenvalue weighted by molar-refractivity contribution is 7.99. The molecule has 1 aromatic rings. The van der Waals surface area contributed by atoms with Crippen molar-refractivity contribution in [2.75, 3.05) is 57.8 Å². The van der Waals surface area contributed by atoms with E-state index in [0.717, 1.165) is 57.2 Å². The fraction of sp³-hybridized carbons (Fsp3) is 0.667. The standard InChI is InChI=1S/C27H39F3N4O3S/c1-33-13-9-21(10-14-33)25(36)32-23(8-5-17-38-19-24(35)27(28,29)30)26(37)31-12-16-34-15-11-22(18-34)20-6-3-2-4-7-20/h2-4,6-7,21-23H,5,8-19H2,1H3,(H,31,37)(H,32,36)/t22?,23-/m0/s1.